The molecule has 0 spiro atoms. The van der Waals surface area contributed by atoms with Gasteiger partial charge in [-0.15, -0.1) is 0 Å². The van der Waals surface area contributed by atoms with Gasteiger partial charge in [0.2, 0.25) is 0 Å². The molecule has 0 radical (unpaired) electrons. The minimum absolute atomic E-state index is 0.0638. The Bertz CT molecular complexity index is 625. The molecule has 0 atom stereocenters. The van der Waals surface area contributed by atoms with Crippen LogP contribution >= 0.6 is 0 Å². The summed E-state index contributed by atoms with van der Waals surface area (Å²) in [6, 6.07) is 5.59. The standard InChI is InChI=1S/C14H14F3NO/c1-3-18-10(7-9(2)19)8-11-12(14(15,16)17)5-4-6-13(11)18/h4-6,8H,3,7H2,1-2H3. The van der Waals surface area contributed by atoms with Crippen LogP contribution in [-0.4, -0.2) is 10.4 Å². The molecule has 0 saturated heterocycles. The zero-order chi connectivity index (χ0) is 14.2. The summed E-state index contributed by atoms with van der Waals surface area (Å²) in [5.41, 5.74) is 0.497. The van der Waals surface area contributed by atoms with Gasteiger partial charge in [-0.25, -0.2) is 0 Å². The van der Waals surface area contributed by atoms with E-state index < -0.39 is 11.7 Å². The van der Waals surface area contributed by atoms with E-state index in [2.05, 4.69) is 0 Å². The number of fused-ring (bicyclic) bond motifs is 1. The van der Waals surface area contributed by atoms with Crippen molar-refractivity contribution < 1.29 is 18.0 Å². The second-order valence-corrected chi connectivity index (χ2v) is 4.49. The Labute approximate surface area is 108 Å². The highest BCUT2D eigenvalue weighted by molar-refractivity contribution is 5.87. The average Bonchev–Trinajstić information content (AvgIpc) is 2.63. The summed E-state index contributed by atoms with van der Waals surface area (Å²) in [6.07, 6.45) is -4.23. The predicted molar refractivity (Wildman–Crippen MR) is 67.0 cm³/mol. The van der Waals surface area contributed by atoms with E-state index in [0.29, 0.717) is 17.8 Å². The number of benzene rings is 1. The lowest BCUT2D eigenvalue weighted by molar-refractivity contribution is -0.136. The van der Waals surface area contributed by atoms with Crippen molar-refractivity contribution in [2.45, 2.75) is 33.0 Å². The van der Waals surface area contributed by atoms with Crippen molar-refractivity contribution >= 4 is 16.7 Å². The lowest BCUT2D eigenvalue weighted by atomic mass is 10.1. The smallest absolute Gasteiger partial charge is 0.344 e. The Morgan fingerprint density at radius 2 is 2.00 bits per heavy atom. The van der Waals surface area contributed by atoms with Gasteiger partial charge in [0.15, 0.2) is 0 Å². The maximum absolute atomic E-state index is 12.9. The SMILES string of the molecule is CCn1c(CC(C)=O)cc2c(C(F)(F)F)cccc21. The van der Waals surface area contributed by atoms with Crippen LogP contribution in [0.2, 0.25) is 0 Å². The van der Waals surface area contributed by atoms with Gasteiger partial charge in [-0.3, -0.25) is 4.79 Å². The molecular formula is C14H14F3NO. The third-order valence-corrected chi connectivity index (χ3v) is 3.08. The number of halogens is 3. The molecule has 0 N–H and O–H groups in total. The zero-order valence-electron chi connectivity index (χ0n) is 10.7. The van der Waals surface area contributed by atoms with Crippen LogP contribution in [0.3, 0.4) is 0 Å². The molecule has 0 fully saturated rings. The Morgan fingerprint density at radius 1 is 1.32 bits per heavy atom. The first-order valence-electron chi connectivity index (χ1n) is 6.02. The van der Waals surface area contributed by atoms with E-state index >= 15 is 0 Å². The van der Waals surface area contributed by atoms with Crippen LogP contribution in [0.5, 0.6) is 0 Å². The van der Waals surface area contributed by atoms with Gasteiger partial charge in [-0.05, 0) is 32.0 Å². The number of rotatable bonds is 3. The molecule has 5 heteroatoms. The number of carbonyl (C=O) groups is 1. The van der Waals surface area contributed by atoms with Crippen LogP contribution in [0.15, 0.2) is 24.3 Å². The molecule has 0 aliphatic heterocycles. The number of aromatic nitrogens is 1. The highest BCUT2D eigenvalue weighted by Gasteiger charge is 2.33. The van der Waals surface area contributed by atoms with Gasteiger partial charge in [-0.1, -0.05) is 6.07 Å². The molecule has 2 aromatic rings. The van der Waals surface area contributed by atoms with Gasteiger partial charge in [-0.2, -0.15) is 13.2 Å². The van der Waals surface area contributed by atoms with Crippen LogP contribution in [0, 0.1) is 0 Å². The molecule has 1 heterocycles. The van der Waals surface area contributed by atoms with E-state index in [1.54, 1.807) is 10.6 Å². The molecular weight excluding hydrogens is 255 g/mol. The first-order valence-corrected chi connectivity index (χ1v) is 6.02. The largest absolute Gasteiger partial charge is 0.417 e. The number of nitrogens with zero attached hydrogens (tertiary/aromatic N) is 1. The molecule has 0 amide bonds. The Balaban J connectivity index is 2.71. The number of aryl methyl sites for hydroxylation is 1. The number of ketones is 1. The summed E-state index contributed by atoms with van der Waals surface area (Å²) < 4.78 is 40.6. The topological polar surface area (TPSA) is 22.0 Å². The summed E-state index contributed by atoms with van der Waals surface area (Å²) in [5.74, 6) is -0.0638. The number of Topliss-reactive ketones (excluding diaryl/α,β-unsaturated/α-hetero) is 1. The van der Waals surface area contributed by atoms with Crippen molar-refractivity contribution in [2.24, 2.45) is 0 Å². The van der Waals surface area contributed by atoms with Gasteiger partial charge in [0, 0.05) is 29.6 Å². The first kappa shape index (κ1) is 13.6. The highest BCUT2D eigenvalue weighted by Crippen LogP contribution is 2.36. The van der Waals surface area contributed by atoms with Crippen LogP contribution in [-0.2, 0) is 23.9 Å². The lowest BCUT2D eigenvalue weighted by Crippen LogP contribution is -2.06. The summed E-state index contributed by atoms with van der Waals surface area (Å²) >= 11 is 0. The fraction of sp³-hybridized carbons (Fsp3) is 0.357. The van der Waals surface area contributed by atoms with Crippen molar-refractivity contribution in [3.8, 4) is 0 Å². The van der Waals surface area contributed by atoms with Crippen molar-refractivity contribution in [1.82, 2.24) is 4.57 Å². The highest BCUT2D eigenvalue weighted by atomic mass is 19.4. The lowest BCUT2D eigenvalue weighted by Gasteiger charge is -2.09. The molecule has 1 aromatic carbocycles. The predicted octanol–water partition coefficient (Wildman–Crippen LogP) is 3.81. The Morgan fingerprint density at radius 3 is 2.53 bits per heavy atom. The van der Waals surface area contributed by atoms with E-state index in [0.717, 1.165) is 6.07 Å². The van der Waals surface area contributed by atoms with Gasteiger partial charge < -0.3 is 4.57 Å². The van der Waals surface area contributed by atoms with Crippen LogP contribution in [0.1, 0.15) is 25.1 Å². The minimum Gasteiger partial charge on any atom is -0.344 e. The van der Waals surface area contributed by atoms with Crippen molar-refractivity contribution in [3.63, 3.8) is 0 Å². The van der Waals surface area contributed by atoms with Gasteiger partial charge in [0.1, 0.15) is 5.78 Å². The fourth-order valence-corrected chi connectivity index (χ4v) is 2.36. The quantitative estimate of drug-likeness (QED) is 0.830. The Kier molecular flexibility index (Phi) is 3.39. The molecule has 0 aliphatic rings. The number of hydrogen-bond acceptors (Lipinski definition) is 1. The second kappa shape index (κ2) is 4.72. The normalized spacial score (nSPS) is 12.1. The molecule has 0 bridgehead atoms. The van der Waals surface area contributed by atoms with Crippen LogP contribution in [0.25, 0.3) is 10.9 Å². The maximum atomic E-state index is 12.9. The van der Waals surface area contributed by atoms with E-state index in [1.807, 2.05) is 6.92 Å². The zero-order valence-corrected chi connectivity index (χ0v) is 10.7. The molecule has 102 valence electrons. The molecule has 0 aliphatic carbocycles. The second-order valence-electron chi connectivity index (χ2n) is 4.49. The summed E-state index contributed by atoms with van der Waals surface area (Å²) in [7, 11) is 0. The first-order chi connectivity index (χ1) is 8.84. The Hall–Kier alpha value is -1.78. The molecule has 2 rings (SSSR count). The van der Waals surface area contributed by atoms with Gasteiger partial charge in [0.05, 0.1) is 5.56 Å². The summed E-state index contributed by atoms with van der Waals surface area (Å²) in [6.45, 7) is 3.82. The molecule has 1 aromatic heterocycles. The summed E-state index contributed by atoms with van der Waals surface area (Å²) in [4.78, 5) is 11.2. The number of carbonyl (C=O) groups excluding carboxylic acids is 1. The van der Waals surface area contributed by atoms with E-state index in [9.17, 15) is 18.0 Å². The third kappa shape index (κ3) is 2.50. The molecule has 0 unspecified atom stereocenters. The van der Waals surface area contributed by atoms with Crippen LogP contribution in [0.4, 0.5) is 13.2 Å². The van der Waals surface area contributed by atoms with Gasteiger partial charge >= 0.3 is 6.18 Å². The molecule has 2 nitrogen and oxygen atoms in total. The monoisotopic (exact) mass is 269 g/mol. The number of hydrogen-bond donors (Lipinski definition) is 0. The maximum Gasteiger partial charge on any atom is 0.417 e. The van der Waals surface area contributed by atoms with E-state index in [-0.39, 0.29) is 17.6 Å². The van der Waals surface area contributed by atoms with E-state index in [4.69, 9.17) is 0 Å². The average molecular weight is 269 g/mol. The van der Waals surface area contributed by atoms with Crippen LogP contribution < -0.4 is 0 Å². The van der Waals surface area contributed by atoms with E-state index in [1.165, 1.54) is 19.1 Å². The molecule has 0 saturated carbocycles. The number of alkyl halides is 3. The van der Waals surface area contributed by atoms with Gasteiger partial charge in [0.25, 0.3) is 0 Å². The van der Waals surface area contributed by atoms with Crippen molar-refractivity contribution in [1.29, 1.82) is 0 Å². The third-order valence-electron chi connectivity index (χ3n) is 3.08. The molecule has 19 heavy (non-hydrogen) atoms. The summed E-state index contributed by atoms with van der Waals surface area (Å²) in [5, 5.41) is 0.160. The minimum atomic E-state index is -4.38. The van der Waals surface area contributed by atoms with Crippen molar-refractivity contribution in [2.75, 3.05) is 0 Å². The van der Waals surface area contributed by atoms with Crippen molar-refractivity contribution in [3.05, 3.63) is 35.5 Å². The fourth-order valence-electron chi connectivity index (χ4n) is 2.36.